The predicted molar refractivity (Wildman–Crippen MR) is 103 cm³/mol. The second-order valence-corrected chi connectivity index (χ2v) is 49.5. The summed E-state index contributed by atoms with van der Waals surface area (Å²) in [5.74, 6) is 6.29. The molecule has 5 heteroatoms. The van der Waals surface area contributed by atoms with E-state index in [-0.39, 0.29) is 0 Å². The van der Waals surface area contributed by atoms with Crippen LogP contribution in [0.4, 0.5) is 0 Å². The molecule has 3 nitrogen and oxygen atoms in total. The van der Waals surface area contributed by atoms with Crippen LogP contribution in [0, 0.1) is 17.8 Å². The number of hydrogen-bond donors (Lipinski definition) is 0. The standard InChI is InChI=1S/C5H5.3C4H9O.C2H7Ge.Zr/c1-2-4-5-3-1;3*1-4(2)3-5;1-3-2;/h1-3H,4H2;3*4H,3H2,1-2H3;3H,1-2H3;/q;3*-1;;+3. The summed E-state index contributed by atoms with van der Waals surface area (Å²) in [6.45, 7) is 15.5. The fourth-order valence-electron chi connectivity index (χ4n) is 3.03. The fraction of sp³-hybridized carbons (Fsp3) is 0.789. The molecule has 0 aromatic heterocycles. The molecule has 0 saturated carbocycles. The van der Waals surface area contributed by atoms with Crippen LogP contribution in [-0.4, -0.2) is 30.4 Å². The first kappa shape index (κ1) is 22.8. The van der Waals surface area contributed by atoms with Gasteiger partial charge in [-0.05, 0) is 0 Å². The second-order valence-electron chi connectivity index (χ2n) is 8.65. The molecule has 0 radical (unpaired) electrons. The van der Waals surface area contributed by atoms with Gasteiger partial charge in [-0.15, -0.1) is 0 Å². The van der Waals surface area contributed by atoms with Crippen LogP contribution in [0.1, 0.15) is 48.0 Å². The molecule has 0 atom stereocenters. The van der Waals surface area contributed by atoms with Gasteiger partial charge in [-0.1, -0.05) is 0 Å². The molecule has 0 heterocycles. The van der Waals surface area contributed by atoms with Crippen LogP contribution in [0.15, 0.2) is 21.5 Å². The Bertz CT molecular complexity index is 421. The topological polar surface area (TPSA) is 27.7 Å². The molecule has 141 valence electrons. The Labute approximate surface area is 154 Å². The summed E-state index contributed by atoms with van der Waals surface area (Å²) in [5, 5.41) is 0. The summed E-state index contributed by atoms with van der Waals surface area (Å²) >= 11 is -4.33. The Kier molecular flexibility index (Phi) is 9.17. The average Bonchev–Trinajstić information content (AvgIpc) is 3.02. The molecule has 0 saturated heterocycles. The van der Waals surface area contributed by atoms with Crippen LogP contribution >= 0.6 is 0 Å². The third kappa shape index (κ3) is 5.39. The van der Waals surface area contributed by atoms with E-state index in [4.69, 9.17) is 8.44 Å². The van der Waals surface area contributed by atoms with Crippen molar-refractivity contribution in [3.8, 4) is 0 Å². The Morgan fingerprint density at radius 2 is 1.29 bits per heavy atom. The minimum atomic E-state index is -4.33. The van der Waals surface area contributed by atoms with Gasteiger partial charge >= 0.3 is 155 Å². The summed E-state index contributed by atoms with van der Waals surface area (Å²) in [4.78, 5) is 0. The number of hydrogen-bond acceptors (Lipinski definition) is 3. The second kappa shape index (κ2) is 9.64. The molecular formula is C19H39GeO3Zr. The first-order chi connectivity index (χ1) is 11.1. The van der Waals surface area contributed by atoms with Crippen molar-refractivity contribution >= 4 is 10.6 Å². The van der Waals surface area contributed by atoms with E-state index in [2.05, 4.69) is 71.3 Å². The van der Waals surface area contributed by atoms with Gasteiger partial charge in [0, 0.05) is 0 Å². The Balaban J connectivity index is 3.36. The fourth-order valence-corrected chi connectivity index (χ4v) is 44.1. The molecule has 0 amide bonds. The van der Waals surface area contributed by atoms with Crippen LogP contribution in [0.25, 0.3) is 0 Å². The molecule has 0 unspecified atom stereocenters. The van der Waals surface area contributed by atoms with Crippen LogP contribution in [0.3, 0.4) is 0 Å². The van der Waals surface area contributed by atoms with E-state index in [1.165, 1.54) is 3.28 Å². The van der Waals surface area contributed by atoms with Crippen molar-refractivity contribution < 1.29 is 26.0 Å². The van der Waals surface area contributed by atoms with Crippen molar-refractivity contribution in [1.82, 2.24) is 0 Å². The van der Waals surface area contributed by atoms with E-state index in [9.17, 15) is 0 Å². The van der Waals surface area contributed by atoms with Gasteiger partial charge in [-0.3, -0.25) is 0 Å². The van der Waals surface area contributed by atoms with Crippen molar-refractivity contribution in [2.45, 2.75) is 59.5 Å². The first-order valence-corrected chi connectivity index (χ1v) is 27.2. The Morgan fingerprint density at radius 1 is 0.875 bits per heavy atom. The third-order valence-electron chi connectivity index (χ3n) is 4.42. The third-order valence-corrected chi connectivity index (χ3v) is 53.9. The summed E-state index contributed by atoms with van der Waals surface area (Å²) in [7, 11) is -1.91. The summed E-state index contributed by atoms with van der Waals surface area (Å²) in [6.07, 6.45) is 7.58. The number of allylic oxidation sites excluding steroid dienone is 4. The van der Waals surface area contributed by atoms with Gasteiger partial charge in [-0.25, -0.2) is 0 Å². The van der Waals surface area contributed by atoms with Gasteiger partial charge in [0.2, 0.25) is 0 Å². The molecule has 1 aliphatic rings. The molecule has 0 spiro atoms. The van der Waals surface area contributed by atoms with Crippen molar-refractivity contribution in [2.24, 2.45) is 17.8 Å². The maximum atomic E-state index is 6.87. The zero-order valence-corrected chi connectivity index (χ0v) is 22.0. The van der Waals surface area contributed by atoms with E-state index < -0.39 is 28.2 Å². The van der Waals surface area contributed by atoms with E-state index >= 15 is 0 Å². The van der Waals surface area contributed by atoms with Crippen LogP contribution in [-0.2, 0) is 26.0 Å². The molecule has 0 fully saturated rings. The van der Waals surface area contributed by atoms with Gasteiger partial charge < -0.3 is 0 Å². The van der Waals surface area contributed by atoms with Crippen LogP contribution in [0.5, 0.6) is 0 Å². The Hall–Kier alpha value is 0.786. The number of rotatable bonds is 11. The van der Waals surface area contributed by atoms with Gasteiger partial charge in [-0.2, -0.15) is 0 Å². The zero-order valence-electron chi connectivity index (χ0n) is 17.1. The molecule has 0 aromatic rings. The van der Waals surface area contributed by atoms with Crippen molar-refractivity contribution in [1.29, 1.82) is 0 Å². The normalized spacial score (nSPS) is 17.2. The molecule has 24 heavy (non-hydrogen) atoms. The van der Waals surface area contributed by atoms with Gasteiger partial charge in [0.1, 0.15) is 0 Å². The molecule has 0 N–H and O–H groups in total. The Morgan fingerprint density at radius 3 is 1.54 bits per heavy atom. The first-order valence-electron chi connectivity index (χ1n) is 9.58. The summed E-state index contributed by atoms with van der Waals surface area (Å²) in [5.41, 5.74) is 0. The molecule has 1 rings (SSSR count). The monoisotopic (exact) mass is 479 g/mol. The van der Waals surface area contributed by atoms with Gasteiger partial charge in [0.05, 0.1) is 0 Å². The van der Waals surface area contributed by atoms with Crippen molar-refractivity contribution in [3.05, 3.63) is 21.5 Å². The van der Waals surface area contributed by atoms with E-state index in [0.29, 0.717) is 17.8 Å². The van der Waals surface area contributed by atoms with E-state index in [0.717, 1.165) is 26.2 Å². The van der Waals surface area contributed by atoms with Gasteiger partial charge in [0.15, 0.2) is 0 Å². The molecule has 1 aliphatic carbocycles. The van der Waals surface area contributed by atoms with Gasteiger partial charge in [0.25, 0.3) is 0 Å². The SMILES string of the molecule is CC(C)C[O][Zr]([O]CC(C)C)([O]CC(C)C)([C]1=CC=CC1)[GeH]([CH3])[CH3]. The maximum absolute atomic E-state index is 6.87. The van der Waals surface area contributed by atoms with Crippen molar-refractivity contribution in [3.63, 3.8) is 0 Å². The zero-order chi connectivity index (χ0) is 18.4. The predicted octanol–water partition coefficient (Wildman–Crippen LogP) is 5.27. The van der Waals surface area contributed by atoms with Crippen molar-refractivity contribution in [2.75, 3.05) is 19.8 Å². The quantitative estimate of drug-likeness (QED) is 0.378. The molecule has 0 aromatic carbocycles. The summed E-state index contributed by atoms with van der Waals surface area (Å²) in [6, 6.07) is 0. The average molecular weight is 479 g/mol. The molecular weight excluding hydrogens is 440 g/mol. The van der Waals surface area contributed by atoms with E-state index in [1.54, 1.807) is 0 Å². The van der Waals surface area contributed by atoms with E-state index in [1.807, 2.05) is 0 Å². The minimum absolute atomic E-state index is 0.485. The molecule has 0 bridgehead atoms. The van der Waals surface area contributed by atoms with Crippen LogP contribution < -0.4 is 0 Å². The molecule has 0 aliphatic heterocycles. The summed E-state index contributed by atoms with van der Waals surface area (Å²) < 4.78 is 22.0. The van der Waals surface area contributed by atoms with Crippen LogP contribution in [0.2, 0.25) is 11.5 Å².